The molecule has 6 aliphatic carbocycles. The van der Waals surface area contributed by atoms with E-state index in [-0.39, 0.29) is 16.9 Å². The summed E-state index contributed by atoms with van der Waals surface area (Å²) in [5.41, 5.74) is 23.5. The highest BCUT2D eigenvalue weighted by Crippen LogP contribution is 2.70. The first-order chi connectivity index (χ1) is 28.3. The van der Waals surface area contributed by atoms with Crippen LogP contribution in [0.1, 0.15) is 78.8 Å². The van der Waals surface area contributed by atoms with Crippen molar-refractivity contribution in [3.8, 4) is 22.3 Å². The van der Waals surface area contributed by atoms with Gasteiger partial charge in [-0.05, 0) is 134 Å². The van der Waals surface area contributed by atoms with Crippen molar-refractivity contribution in [3.63, 3.8) is 0 Å². The van der Waals surface area contributed by atoms with Crippen molar-refractivity contribution in [2.45, 2.75) is 61.8 Å². The largest absolute Gasteiger partial charge is 0.375 e. The van der Waals surface area contributed by atoms with Crippen LogP contribution in [-0.4, -0.2) is 0 Å². The lowest BCUT2D eigenvalue weighted by Gasteiger charge is -2.52. The molecule has 2 spiro atoms. The van der Waals surface area contributed by atoms with Gasteiger partial charge in [0.15, 0.2) is 0 Å². The Morgan fingerprint density at radius 3 is 1.65 bits per heavy atom. The van der Waals surface area contributed by atoms with Crippen LogP contribution in [0, 0.1) is 0 Å². The van der Waals surface area contributed by atoms with E-state index >= 15 is 0 Å². The molecular formula is C56H45N. The number of rotatable bonds is 3. The van der Waals surface area contributed by atoms with Crippen LogP contribution in [0.15, 0.2) is 221 Å². The van der Waals surface area contributed by atoms with Crippen molar-refractivity contribution in [1.29, 1.82) is 0 Å². The molecule has 1 unspecified atom stereocenters. The van der Waals surface area contributed by atoms with Crippen molar-refractivity contribution in [2.24, 2.45) is 0 Å². The summed E-state index contributed by atoms with van der Waals surface area (Å²) >= 11 is 0. The molecule has 0 aromatic heterocycles. The minimum atomic E-state index is -0.378. The SMILES string of the molecule is C1=CC(C2=CC(c3ccccc3)NC(C3=CC4=C(CC3)C3(C5=C(CCC=C5)C45c4ccccc4-c4ccccc45)c4ccccc4-c4ccccc43)=CC2)=CCC1. The fraction of sp³-hybridized carbons (Fsp3) is 0.179. The number of fused-ring (bicyclic) bond motifs is 14. The zero-order valence-electron chi connectivity index (χ0n) is 32.3. The van der Waals surface area contributed by atoms with Crippen molar-refractivity contribution in [3.05, 3.63) is 249 Å². The van der Waals surface area contributed by atoms with Gasteiger partial charge in [-0.1, -0.05) is 176 Å². The van der Waals surface area contributed by atoms with Gasteiger partial charge in [0.25, 0.3) is 0 Å². The quantitative estimate of drug-likeness (QED) is 0.195. The third-order valence-corrected chi connectivity index (χ3v) is 14.2. The summed E-state index contributed by atoms with van der Waals surface area (Å²) in [6, 6.07) is 48.5. The summed E-state index contributed by atoms with van der Waals surface area (Å²) in [6.45, 7) is 0. The number of hydrogen-bond donors (Lipinski definition) is 1. The maximum atomic E-state index is 4.15. The smallest absolute Gasteiger partial charge is 0.0703 e. The van der Waals surface area contributed by atoms with Crippen LogP contribution in [0.5, 0.6) is 0 Å². The summed E-state index contributed by atoms with van der Waals surface area (Å²) < 4.78 is 0. The second-order valence-corrected chi connectivity index (χ2v) is 16.8. The summed E-state index contributed by atoms with van der Waals surface area (Å²) in [7, 11) is 0. The average Bonchev–Trinajstić information content (AvgIpc) is 3.62. The van der Waals surface area contributed by atoms with Gasteiger partial charge in [0.05, 0.1) is 16.9 Å². The Kier molecular flexibility index (Phi) is 7.33. The zero-order chi connectivity index (χ0) is 37.6. The molecule has 0 amide bonds. The minimum Gasteiger partial charge on any atom is -0.375 e. The third kappa shape index (κ3) is 4.52. The van der Waals surface area contributed by atoms with Crippen LogP contribution >= 0.6 is 0 Å². The van der Waals surface area contributed by atoms with E-state index in [2.05, 4.69) is 181 Å². The highest BCUT2D eigenvalue weighted by Gasteiger charge is 2.60. The highest BCUT2D eigenvalue weighted by atomic mass is 14.9. The molecule has 0 fully saturated rings. The molecule has 1 heterocycles. The Labute approximate surface area is 336 Å². The summed E-state index contributed by atoms with van der Waals surface area (Å²) in [6.07, 6.45) is 27.0. The van der Waals surface area contributed by atoms with Gasteiger partial charge >= 0.3 is 0 Å². The van der Waals surface area contributed by atoms with E-state index in [9.17, 15) is 0 Å². The molecule has 1 aliphatic heterocycles. The molecule has 5 aromatic carbocycles. The van der Waals surface area contributed by atoms with Crippen LogP contribution in [0.2, 0.25) is 0 Å². The van der Waals surface area contributed by atoms with E-state index in [1.807, 2.05) is 0 Å². The maximum absolute atomic E-state index is 4.15. The maximum Gasteiger partial charge on any atom is 0.0703 e. The Bertz CT molecular complexity index is 2700. The predicted molar refractivity (Wildman–Crippen MR) is 235 cm³/mol. The number of benzene rings is 5. The molecule has 1 nitrogen and oxygen atoms in total. The first-order valence-corrected chi connectivity index (χ1v) is 21.1. The zero-order valence-corrected chi connectivity index (χ0v) is 32.3. The monoisotopic (exact) mass is 731 g/mol. The molecule has 0 saturated heterocycles. The second kappa shape index (κ2) is 12.7. The van der Waals surface area contributed by atoms with E-state index in [1.54, 1.807) is 11.1 Å². The first-order valence-electron chi connectivity index (χ1n) is 21.1. The van der Waals surface area contributed by atoms with Crippen LogP contribution < -0.4 is 5.32 Å². The molecule has 1 heteroatoms. The van der Waals surface area contributed by atoms with Gasteiger partial charge in [-0.2, -0.15) is 0 Å². The van der Waals surface area contributed by atoms with Crippen LogP contribution in [-0.2, 0) is 10.8 Å². The molecule has 274 valence electrons. The molecule has 57 heavy (non-hydrogen) atoms. The van der Waals surface area contributed by atoms with Crippen LogP contribution in [0.4, 0.5) is 0 Å². The average molecular weight is 732 g/mol. The molecule has 1 N–H and O–H groups in total. The van der Waals surface area contributed by atoms with E-state index in [0.29, 0.717) is 0 Å². The number of nitrogens with one attached hydrogen (secondary N) is 1. The first kappa shape index (κ1) is 33.0. The topological polar surface area (TPSA) is 12.0 Å². The Balaban J connectivity index is 1.14. The molecule has 12 rings (SSSR count). The van der Waals surface area contributed by atoms with Gasteiger partial charge < -0.3 is 5.32 Å². The van der Waals surface area contributed by atoms with E-state index in [1.165, 1.54) is 83.6 Å². The van der Waals surface area contributed by atoms with Gasteiger partial charge in [-0.15, -0.1) is 0 Å². The van der Waals surface area contributed by atoms with Crippen molar-refractivity contribution < 1.29 is 0 Å². The number of allylic oxidation sites excluding steroid dienone is 14. The summed E-state index contributed by atoms with van der Waals surface area (Å²) in [5, 5.41) is 4.15. The van der Waals surface area contributed by atoms with Gasteiger partial charge in [0.2, 0.25) is 0 Å². The lowest BCUT2D eigenvalue weighted by molar-refractivity contribution is 0.553. The molecule has 0 radical (unpaired) electrons. The Morgan fingerprint density at radius 2 is 1.04 bits per heavy atom. The van der Waals surface area contributed by atoms with Crippen LogP contribution in [0.25, 0.3) is 22.3 Å². The molecule has 1 atom stereocenters. The molecular weight excluding hydrogens is 687 g/mol. The van der Waals surface area contributed by atoms with Gasteiger partial charge in [-0.25, -0.2) is 0 Å². The lowest BCUT2D eigenvalue weighted by atomic mass is 9.49. The highest BCUT2D eigenvalue weighted by molar-refractivity contribution is 5.93. The Hall–Kier alpha value is -6.18. The Morgan fingerprint density at radius 1 is 0.474 bits per heavy atom. The van der Waals surface area contributed by atoms with Crippen molar-refractivity contribution in [1.82, 2.24) is 5.32 Å². The molecule has 7 aliphatic rings. The number of hydrogen-bond acceptors (Lipinski definition) is 1. The van der Waals surface area contributed by atoms with Crippen molar-refractivity contribution >= 4 is 0 Å². The van der Waals surface area contributed by atoms with E-state index < -0.39 is 0 Å². The molecule has 0 bridgehead atoms. The van der Waals surface area contributed by atoms with Crippen molar-refractivity contribution in [2.75, 3.05) is 0 Å². The molecule has 0 saturated carbocycles. The molecule has 5 aromatic rings. The lowest BCUT2D eigenvalue weighted by Crippen LogP contribution is -2.45. The normalized spacial score (nSPS) is 21.6. The third-order valence-electron chi connectivity index (χ3n) is 14.2. The fourth-order valence-corrected chi connectivity index (χ4v) is 12.0. The minimum absolute atomic E-state index is 0.0772. The predicted octanol–water partition coefficient (Wildman–Crippen LogP) is 13.4. The van der Waals surface area contributed by atoms with Crippen LogP contribution in [0.3, 0.4) is 0 Å². The van der Waals surface area contributed by atoms with E-state index in [4.69, 9.17) is 0 Å². The summed E-state index contributed by atoms with van der Waals surface area (Å²) in [5.74, 6) is 0. The van der Waals surface area contributed by atoms with E-state index in [0.717, 1.165) is 44.9 Å². The van der Waals surface area contributed by atoms with Gasteiger partial charge in [0, 0.05) is 5.70 Å². The summed E-state index contributed by atoms with van der Waals surface area (Å²) in [4.78, 5) is 0. The standard InChI is InChI=1S/C56H45N/c1-3-17-37(18-4-1)39-32-34-53(57-54(36-39)38-19-5-2-6-20-38)40-31-33-51-52(35-40)56(47-27-13-9-23-43(47)44-24-10-14-28-48(44)56)50-30-16-15-29-49(50)55(51)45-25-11-7-21-41(45)42-22-8-12-26-46(42)55/h2-3,5-15,17-29,34-36,54,57H,1,4,16,30-33H2. The van der Waals surface area contributed by atoms with Gasteiger partial charge in [-0.3, -0.25) is 0 Å². The second-order valence-electron chi connectivity index (χ2n) is 16.8. The fourth-order valence-electron chi connectivity index (χ4n) is 12.0. The van der Waals surface area contributed by atoms with Gasteiger partial charge in [0.1, 0.15) is 0 Å².